The molecule has 0 bridgehead atoms. The van der Waals surface area contributed by atoms with Crippen LogP contribution < -0.4 is 5.32 Å². The smallest absolute Gasteiger partial charge is 0.225 e. The predicted octanol–water partition coefficient (Wildman–Crippen LogP) is 3.10. The number of hydrogen-bond acceptors (Lipinski definition) is 2. The van der Waals surface area contributed by atoms with E-state index in [1.54, 1.807) is 0 Å². The fraction of sp³-hybridized carbons (Fsp3) is 0.500. The van der Waals surface area contributed by atoms with Crippen LogP contribution in [0.5, 0.6) is 0 Å². The molecular formula is C16H18F2N2O. The van der Waals surface area contributed by atoms with E-state index in [9.17, 15) is 18.8 Å². The molecule has 0 aromatic heterocycles. The lowest BCUT2D eigenvalue weighted by molar-refractivity contribution is -0.121. The second kappa shape index (κ2) is 7.16. The first-order valence-electron chi connectivity index (χ1n) is 7.23. The molecular weight excluding hydrogens is 274 g/mol. The molecule has 1 saturated carbocycles. The van der Waals surface area contributed by atoms with Crippen LogP contribution in [0.4, 0.5) is 8.78 Å². The number of nitrogens with one attached hydrogen (secondary N) is 1. The van der Waals surface area contributed by atoms with Crippen molar-refractivity contribution >= 4 is 5.91 Å². The molecule has 1 aliphatic carbocycles. The Balaban J connectivity index is 1.98. The van der Waals surface area contributed by atoms with Crippen LogP contribution in [-0.4, -0.2) is 11.9 Å². The molecule has 2 rings (SSSR count). The van der Waals surface area contributed by atoms with Crippen molar-refractivity contribution in [2.75, 3.05) is 0 Å². The van der Waals surface area contributed by atoms with Crippen LogP contribution in [0.3, 0.4) is 0 Å². The van der Waals surface area contributed by atoms with E-state index in [1.807, 2.05) is 0 Å². The average Bonchev–Trinajstić information content (AvgIpc) is 2.49. The molecule has 1 aromatic rings. The maximum absolute atomic E-state index is 13.5. The van der Waals surface area contributed by atoms with Crippen LogP contribution in [0, 0.1) is 28.9 Å². The third-order valence-electron chi connectivity index (χ3n) is 3.98. The summed E-state index contributed by atoms with van der Waals surface area (Å²) in [5.74, 6) is -1.86. The minimum Gasteiger partial charge on any atom is -0.340 e. The van der Waals surface area contributed by atoms with Gasteiger partial charge in [0.05, 0.1) is 12.5 Å². The minimum absolute atomic E-state index is 0.137. The topological polar surface area (TPSA) is 52.9 Å². The fourth-order valence-electron chi connectivity index (χ4n) is 2.81. The second-order valence-corrected chi connectivity index (χ2v) is 5.45. The number of rotatable bonds is 4. The number of amides is 1. The highest BCUT2D eigenvalue weighted by molar-refractivity contribution is 5.79. The zero-order valence-electron chi connectivity index (χ0n) is 11.7. The number of hydrogen-bond donors (Lipinski definition) is 1. The van der Waals surface area contributed by atoms with Gasteiger partial charge in [0.25, 0.3) is 0 Å². The summed E-state index contributed by atoms with van der Waals surface area (Å²) in [6, 6.07) is 5.02. The summed E-state index contributed by atoms with van der Waals surface area (Å²) in [4.78, 5) is 11.9. The largest absolute Gasteiger partial charge is 0.340 e. The molecule has 1 aliphatic rings. The molecule has 0 aliphatic heterocycles. The van der Waals surface area contributed by atoms with Gasteiger partial charge in [-0.05, 0) is 30.9 Å². The highest BCUT2D eigenvalue weighted by Crippen LogP contribution is 2.26. The molecule has 1 unspecified atom stereocenters. The summed E-state index contributed by atoms with van der Waals surface area (Å²) in [6.45, 7) is 0. The second-order valence-electron chi connectivity index (χ2n) is 5.45. The molecule has 0 radical (unpaired) electrons. The van der Waals surface area contributed by atoms with Crippen molar-refractivity contribution in [2.45, 2.75) is 44.6 Å². The average molecular weight is 292 g/mol. The molecule has 112 valence electrons. The molecule has 0 saturated heterocycles. The molecule has 1 amide bonds. The molecule has 1 aromatic carbocycles. The Morgan fingerprint density at radius 3 is 2.48 bits per heavy atom. The van der Waals surface area contributed by atoms with Crippen molar-refractivity contribution in [3.8, 4) is 6.07 Å². The summed E-state index contributed by atoms with van der Waals surface area (Å²) in [5, 5.41) is 11.8. The Bertz CT molecular complexity index is 527. The van der Waals surface area contributed by atoms with Gasteiger partial charge in [-0.3, -0.25) is 4.79 Å². The predicted molar refractivity (Wildman–Crippen MR) is 74.2 cm³/mol. The Morgan fingerprint density at radius 1 is 1.29 bits per heavy atom. The first-order chi connectivity index (χ1) is 10.1. The lowest BCUT2D eigenvalue weighted by Crippen LogP contribution is -2.41. The fourth-order valence-corrected chi connectivity index (χ4v) is 2.81. The van der Waals surface area contributed by atoms with Crippen molar-refractivity contribution in [3.05, 3.63) is 35.4 Å². The van der Waals surface area contributed by atoms with Crippen LogP contribution >= 0.6 is 0 Å². The SMILES string of the molecule is N#CC(NC(=O)Cc1c(F)cccc1F)C1CCCCC1. The van der Waals surface area contributed by atoms with Crippen molar-refractivity contribution in [1.29, 1.82) is 5.26 Å². The van der Waals surface area contributed by atoms with Gasteiger partial charge in [-0.15, -0.1) is 0 Å². The Morgan fingerprint density at radius 2 is 1.90 bits per heavy atom. The zero-order valence-corrected chi connectivity index (χ0v) is 11.7. The molecule has 1 fully saturated rings. The van der Waals surface area contributed by atoms with Crippen molar-refractivity contribution in [2.24, 2.45) is 5.92 Å². The van der Waals surface area contributed by atoms with Crippen molar-refractivity contribution in [3.63, 3.8) is 0 Å². The number of benzene rings is 1. The minimum atomic E-state index is -0.740. The number of nitrogens with zero attached hydrogens (tertiary/aromatic N) is 1. The van der Waals surface area contributed by atoms with E-state index < -0.39 is 23.6 Å². The lowest BCUT2D eigenvalue weighted by atomic mass is 9.84. The van der Waals surface area contributed by atoms with E-state index >= 15 is 0 Å². The molecule has 3 nitrogen and oxygen atoms in total. The van der Waals surface area contributed by atoms with Gasteiger partial charge in [0, 0.05) is 5.56 Å². The standard InChI is InChI=1S/C16H18F2N2O/c17-13-7-4-8-14(18)12(13)9-16(21)20-15(10-19)11-5-2-1-3-6-11/h4,7-8,11,15H,1-3,5-6,9H2,(H,20,21). The maximum atomic E-state index is 13.5. The van der Waals surface area contributed by atoms with Gasteiger partial charge in [0.1, 0.15) is 17.7 Å². The van der Waals surface area contributed by atoms with Crippen LogP contribution in [0.2, 0.25) is 0 Å². The van der Waals surface area contributed by atoms with Gasteiger partial charge < -0.3 is 5.32 Å². The summed E-state index contributed by atoms with van der Waals surface area (Å²) in [7, 11) is 0. The number of nitriles is 1. The molecule has 1 atom stereocenters. The molecule has 0 heterocycles. The Kier molecular flexibility index (Phi) is 5.26. The van der Waals surface area contributed by atoms with Gasteiger partial charge in [-0.2, -0.15) is 5.26 Å². The quantitative estimate of drug-likeness (QED) is 0.927. The highest BCUT2D eigenvalue weighted by Gasteiger charge is 2.25. The zero-order chi connectivity index (χ0) is 15.2. The summed E-state index contributed by atoms with van der Waals surface area (Å²) in [5.41, 5.74) is -0.254. The Labute approximate surface area is 123 Å². The maximum Gasteiger partial charge on any atom is 0.225 e. The van der Waals surface area contributed by atoms with Crippen LogP contribution in [0.15, 0.2) is 18.2 Å². The van der Waals surface area contributed by atoms with E-state index in [-0.39, 0.29) is 17.9 Å². The van der Waals surface area contributed by atoms with Gasteiger partial charge in [-0.1, -0.05) is 25.3 Å². The third kappa shape index (κ3) is 4.01. The Hall–Kier alpha value is -1.96. The van der Waals surface area contributed by atoms with Gasteiger partial charge in [0.2, 0.25) is 5.91 Å². The van der Waals surface area contributed by atoms with Gasteiger partial charge >= 0.3 is 0 Å². The molecule has 0 spiro atoms. The van der Waals surface area contributed by atoms with E-state index in [2.05, 4.69) is 11.4 Å². The molecule has 21 heavy (non-hydrogen) atoms. The van der Waals surface area contributed by atoms with Crippen LogP contribution in [0.1, 0.15) is 37.7 Å². The van der Waals surface area contributed by atoms with Crippen molar-refractivity contribution < 1.29 is 13.6 Å². The number of carbonyl (C=O) groups is 1. The normalized spacial score (nSPS) is 17.0. The first kappa shape index (κ1) is 15.4. The molecule has 5 heteroatoms. The summed E-state index contributed by atoms with van der Waals surface area (Å²) >= 11 is 0. The van der Waals surface area contributed by atoms with Crippen LogP contribution in [-0.2, 0) is 11.2 Å². The lowest BCUT2D eigenvalue weighted by Gasteiger charge is -2.26. The van der Waals surface area contributed by atoms with Gasteiger partial charge in [-0.25, -0.2) is 8.78 Å². The summed E-state index contributed by atoms with van der Waals surface area (Å²) in [6.07, 6.45) is 4.70. The van der Waals surface area contributed by atoms with Crippen molar-refractivity contribution in [1.82, 2.24) is 5.32 Å². The van der Waals surface area contributed by atoms with E-state index in [4.69, 9.17) is 0 Å². The van der Waals surface area contributed by atoms with E-state index in [1.165, 1.54) is 6.07 Å². The third-order valence-corrected chi connectivity index (χ3v) is 3.98. The summed E-state index contributed by atoms with van der Waals surface area (Å²) < 4.78 is 27.0. The first-order valence-corrected chi connectivity index (χ1v) is 7.23. The molecule has 1 N–H and O–H groups in total. The van der Waals surface area contributed by atoms with E-state index in [0.29, 0.717) is 0 Å². The van der Waals surface area contributed by atoms with Crippen LogP contribution in [0.25, 0.3) is 0 Å². The van der Waals surface area contributed by atoms with E-state index in [0.717, 1.165) is 44.2 Å². The number of carbonyl (C=O) groups excluding carboxylic acids is 1. The monoisotopic (exact) mass is 292 g/mol. The van der Waals surface area contributed by atoms with Gasteiger partial charge in [0.15, 0.2) is 0 Å². The highest BCUT2D eigenvalue weighted by atomic mass is 19.1. The number of halogens is 2.